The summed E-state index contributed by atoms with van der Waals surface area (Å²) in [5.41, 5.74) is -0.827. The predicted octanol–water partition coefficient (Wildman–Crippen LogP) is 3.03. The number of hydrogen-bond acceptors (Lipinski definition) is 3. The number of nitrogens with one attached hydrogen (secondary N) is 1. The summed E-state index contributed by atoms with van der Waals surface area (Å²) in [5.74, 6) is -1.82. The zero-order valence-electron chi connectivity index (χ0n) is 14.3. The van der Waals surface area contributed by atoms with Crippen molar-refractivity contribution < 1.29 is 18.8 Å². The van der Waals surface area contributed by atoms with Gasteiger partial charge in [-0.1, -0.05) is 23.7 Å². The summed E-state index contributed by atoms with van der Waals surface area (Å²) < 4.78 is 13.5. The molecule has 8 heteroatoms. The first-order valence-corrected chi connectivity index (χ1v) is 8.71. The van der Waals surface area contributed by atoms with Gasteiger partial charge in [-0.3, -0.25) is 19.3 Å². The number of carbonyl (C=O) groups is 3. The molecule has 2 aliphatic heterocycles. The monoisotopic (exact) mass is 387 g/mol. The average molecular weight is 388 g/mol. The SMILES string of the molecule is CN1C(=O)c2cccc(Cl)c2N2C(=O)CCC12C(=O)Nc1cccc(F)c1. The summed E-state index contributed by atoms with van der Waals surface area (Å²) in [6.07, 6.45) is 0.193. The molecule has 1 saturated heterocycles. The van der Waals surface area contributed by atoms with Crippen molar-refractivity contribution >= 4 is 40.7 Å². The molecule has 0 spiro atoms. The van der Waals surface area contributed by atoms with E-state index in [0.29, 0.717) is 0 Å². The number of anilines is 2. The molecule has 0 radical (unpaired) electrons. The Labute approximate surface area is 159 Å². The molecule has 0 saturated carbocycles. The minimum atomic E-state index is -1.56. The van der Waals surface area contributed by atoms with Crippen molar-refractivity contribution in [2.45, 2.75) is 18.5 Å². The minimum Gasteiger partial charge on any atom is -0.322 e. The van der Waals surface area contributed by atoms with Crippen molar-refractivity contribution in [3.63, 3.8) is 0 Å². The number of para-hydroxylation sites is 1. The molecule has 2 aromatic carbocycles. The third-order valence-corrected chi connectivity index (χ3v) is 5.36. The lowest BCUT2D eigenvalue weighted by Gasteiger charge is -2.47. The summed E-state index contributed by atoms with van der Waals surface area (Å²) >= 11 is 6.29. The van der Waals surface area contributed by atoms with Gasteiger partial charge in [0.05, 0.1) is 16.3 Å². The lowest BCUT2D eigenvalue weighted by atomic mass is 9.96. The van der Waals surface area contributed by atoms with Crippen LogP contribution in [-0.4, -0.2) is 35.3 Å². The number of rotatable bonds is 2. The van der Waals surface area contributed by atoms with Gasteiger partial charge in [-0.15, -0.1) is 0 Å². The molecule has 27 heavy (non-hydrogen) atoms. The Hall–Kier alpha value is -2.93. The molecule has 2 aromatic rings. The van der Waals surface area contributed by atoms with E-state index < -0.39 is 23.3 Å². The second kappa shape index (κ2) is 6.06. The first-order chi connectivity index (χ1) is 12.9. The molecule has 0 aliphatic carbocycles. The number of fused-ring (bicyclic) bond motifs is 3. The van der Waals surface area contributed by atoms with Crippen molar-refractivity contribution in [1.82, 2.24) is 4.90 Å². The van der Waals surface area contributed by atoms with E-state index in [1.165, 1.54) is 41.1 Å². The van der Waals surface area contributed by atoms with Crippen molar-refractivity contribution in [3.05, 3.63) is 58.9 Å². The average Bonchev–Trinajstić information content (AvgIpc) is 2.98. The standard InChI is InChI=1S/C19H15ClFN3O3/c1-23-17(26)13-6-3-7-14(20)16(13)24-15(25)8-9-19(23,24)18(27)22-12-5-2-4-11(21)10-12/h2-7,10H,8-9H2,1H3,(H,22,27). The van der Waals surface area contributed by atoms with E-state index in [1.807, 2.05) is 0 Å². The van der Waals surface area contributed by atoms with Crippen LogP contribution in [-0.2, 0) is 9.59 Å². The molecule has 1 atom stereocenters. The van der Waals surface area contributed by atoms with Crippen molar-refractivity contribution in [1.29, 1.82) is 0 Å². The molecule has 4 rings (SSSR count). The molecule has 6 nitrogen and oxygen atoms in total. The normalized spacial score (nSPS) is 21.1. The van der Waals surface area contributed by atoms with E-state index in [1.54, 1.807) is 18.2 Å². The van der Waals surface area contributed by atoms with E-state index in [4.69, 9.17) is 11.6 Å². The Morgan fingerprint density at radius 1 is 1.22 bits per heavy atom. The first-order valence-electron chi connectivity index (χ1n) is 8.33. The van der Waals surface area contributed by atoms with Crippen LogP contribution in [0.1, 0.15) is 23.2 Å². The molecule has 2 heterocycles. The van der Waals surface area contributed by atoms with Crippen LogP contribution in [0.2, 0.25) is 5.02 Å². The number of amides is 3. The molecular formula is C19H15ClFN3O3. The van der Waals surface area contributed by atoms with Gasteiger partial charge in [0.2, 0.25) is 11.6 Å². The maximum Gasteiger partial charge on any atom is 0.271 e. The molecule has 1 unspecified atom stereocenters. The van der Waals surface area contributed by atoms with Gasteiger partial charge in [0.15, 0.2) is 0 Å². The maximum absolute atomic E-state index is 13.5. The zero-order chi connectivity index (χ0) is 19.3. The van der Waals surface area contributed by atoms with Crippen LogP contribution in [0, 0.1) is 5.82 Å². The van der Waals surface area contributed by atoms with Crippen LogP contribution in [0.3, 0.4) is 0 Å². The molecule has 2 aliphatic rings. The van der Waals surface area contributed by atoms with Gasteiger partial charge in [0.1, 0.15) is 5.82 Å². The predicted molar refractivity (Wildman–Crippen MR) is 98.0 cm³/mol. The summed E-state index contributed by atoms with van der Waals surface area (Å²) in [6.45, 7) is 0. The largest absolute Gasteiger partial charge is 0.322 e. The molecule has 138 valence electrons. The number of carbonyl (C=O) groups excluding carboxylic acids is 3. The van der Waals surface area contributed by atoms with Gasteiger partial charge >= 0.3 is 0 Å². The Balaban J connectivity index is 1.85. The van der Waals surface area contributed by atoms with E-state index in [9.17, 15) is 18.8 Å². The molecule has 1 fully saturated rings. The highest BCUT2D eigenvalue weighted by Crippen LogP contribution is 2.47. The summed E-state index contributed by atoms with van der Waals surface area (Å²) in [6, 6.07) is 10.2. The second-order valence-corrected chi connectivity index (χ2v) is 6.92. The number of nitrogens with zero attached hydrogens (tertiary/aromatic N) is 2. The number of halogens is 2. The first kappa shape index (κ1) is 17.5. The van der Waals surface area contributed by atoms with Gasteiger partial charge in [-0.2, -0.15) is 0 Å². The van der Waals surface area contributed by atoms with E-state index in [2.05, 4.69) is 5.32 Å². The number of likely N-dealkylation sites (N-methyl/N-ethyl adjacent to an activating group) is 1. The third-order valence-electron chi connectivity index (χ3n) is 5.05. The molecule has 1 N–H and O–H groups in total. The van der Waals surface area contributed by atoms with Gasteiger partial charge < -0.3 is 10.2 Å². The molecule has 0 aromatic heterocycles. The Bertz CT molecular complexity index is 996. The van der Waals surface area contributed by atoms with E-state index >= 15 is 0 Å². The van der Waals surface area contributed by atoms with Gasteiger partial charge in [0.25, 0.3) is 11.8 Å². The van der Waals surface area contributed by atoms with Crippen LogP contribution in [0.5, 0.6) is 0 Å². The smallest absolute Gasteiger partial charge is 0.271 e. The van der Waals surface area contributed by atoms with E-state index in [0.717, 1.165) is 0 Å². The lowest BCUT2D eigenvalue weighted by Crippen LogP contribution is -2.68. The van der Waals surface area contributed by atoms with Gasteiger partial charge in [-0.25, -0.2) is 4.39 Å². The quantitative estimate of drug-likeness (QED) is 0.861. The zero-order valence-corrected chi connectivity index (χ0v) is 15.1. The van der Waals surface area contributed by atoms with E-state index in [-0.39, 0.29) is 40.7 Å². The Morgan fingerprint density at radius 2 is 1.96 bits per heavy atom. The molecular weight excluding hydrogens is 373 g/mol. The van der Waals surface area contributed by atoms with Crippen molar-refractivity contribution in [3.8, 4) is 0 Å². The Morgan fingerprint density at radius 3 is 2.70 bits per heavy atom. The maximum atomic E-state index is 13.5. The fourth-order valence-corrected chi connectivity index (χ4v) is 4.03. The fraction of sp³-hybridized carbons (Fsp3) is 0.211. The number of hydrogen-bond donors (Lipinski definition) is 1. The lowest BCUT2D eigenvalue weighted by molar-refractivity contribution is -0.128. The van der Waals surface area contributed by atoms with Crippen molar-refractivity contribution in [2.24, 2.45) is 0 Å². The van der Waals surface area contributed by atoms with Crippen LogP contribution >= 0.6 is 11.6 Å². The highest BCUT2D eigenvalue weighted by molar-refractivity contribution is 6.36. The molecule has 0 bridgehead atoms. The summed E-state index contributed by atoms with van der Waals surface area (Å²) in [4.78, 5) is 41.4. The Kier molecular flexibility index (Phi) is 3.92. The van der Waals surface area contributed by atoms with Crippen LogP contribution in [0.15, 0.2) is 42.5 Å². The van der Waals surface area contributed by atoms with Crippen LogP contribution in [0.25, 0.3) is 0 Å². The summed E-state index contributed by atoms with van der Waals surface area (Å²) in [7, 11) is 1.48. The van der Waals surface area contributed by atoms with Gasteiger partial charge in [0, 0.05) is 25.6 Å². The minimum absolute atomic E-state index is 0.0822. The van der Waals surface area contributed by atoms with Crippen molar-refractivity contribution in [2.75, 3.05) is 17.3 Å². The third kappa shape index (κ3) is 2.42. The topological polar surface area (TPSA) is 69.7 Å². The second-order valence-electron chi connectivity index (χ2n) is 6.51. The fourth-order valence-electron chi connectivity index (χ4n) is 3.77. The summed E-state index contributed by atoms with van der Waals surface area (Å²) in [5, 5.41) is 2.84. The highest BCUT2D eigenvalue weighted by Gasteiger charge is 2.60. The van der Waals surface area contributed by atoms with Crippen LogP contribution in [0.4, 0.5) is 15.8 Å². The highest BCUT2D eigenvalue weighted by atomic mass is 35.5. The van der Waals surface area contributed by atoms with Crippen LogP contribution < -0.4 is 10.2 Å². The molecule has 3 amide bonds. The van der Waals surface area contributed by atoms with Gasteiger partial charge in [-0.05, 0) is 30.3 Å². The number of benzene rings is 2.